The maximum Gasteiger partial charge on any atom is 0.243 e. The van der Waals surface area contributed by atoms with Gasteiger partial charge in [0.05, 0.1) is 12.2 Å². The largest absolute Gasteiger partial charge is 0.494 e. The minimum Gasteiger partial charge on any atom is -0.494 e. The molecule has 20 heavy (non-hydrogen) atoms. The van der Waals surface area contributed by atoms with Gasteiger partial charge < -0.3 is 4.74 Å². The second-order valence-corrected chi connectivity index (χ2v) is 6.74. The van der Waals surface area contributed by atoms with Crippen LogP contribution in [0.5, 0.6) is 5.75 Å². The molecule has 0 aliphatic heterocycles. The fraction of sp³-hybridized carbons (Fsp3) is 0.533. The Kier molecular flexibility index (Phi) is 7.29. The minimum atomic E-state index is -0.358. The van der Waals surface area contributed by atoms with E-state index in [4.69, 9.17) is 9.57 Å². The molecule has 112 valence electrons. The van der Waals surface area contributed by atoms with Crippen molar-refractivity contribution >= 4 is 28.5 Å². The zero-order valence-corrected chi connectivity index (χ0v) is 14.4. The second kappa shape index (κ2) is 8.46. The Hall–Kier alpha value is -0.820. The molecule has 1 N–H and O–H groups in total. The molecule has 1 amide bonds. The molecule has 0 atom stereocenters. The van der Waals surface area contributed by atoms with Crippen LogP contribution >= 0.6 is 22.6 Å². The van der Waals surface area contributed by atoms with Gasteiger partial charge >= 0.3 is 0 Å². The molecule has 1 aromatic carbocycles. The number of ether oxygens (including phenoxy) is 1. The van der Waals surface area contributed by atoms with Crippen LogP contribution < -0.4 is 10.2 Å². The monoisotopic (exact) mass is 391 g/mol. The van der Waals surface area contributed by atoms with Gasteiger partial charge in [-0.05, 0) is 80.5 Å². The van der Waals surface area contributed by atoms with Crippen LogP contribution in [-0.2, 0) is 9.63 Å². The zero-order valence-electron chi connectivity index (χ0n) is 12.2. The van der Waals surface area contributed by atoms with Crippen molar-refractivity contribution in [3.8, 4) is 5.75 Å². The smallest absolute Gasteiger partial charge is 0.243 e. The Morgan fingerprint density at radius 3 is 2.45 bits per heavy atom. The van der Waals surface area contributed by atoms with Crippen molar-refractivity contribution in [1.29, 1.82) is 0 Å². The lowest BCUT2D eigenvalue weighted by molar-refractivity contribution is -0.145. The molecule has 0 saturated heterocycles. The topological polar surface area (TPSA) is 47.6 Å². The minimum absolute atomic E-state index is 0.0887. The molecule has 0 radical (unpaired) electrons. The summed E-state index contributed by atoms with van der Waals surface area (Å²) in [6.45, 7) is 6.29. The van der Waals surface area contributed by atoms with Crippen molar-refractivity contribution in [1.82, 2.24) is 5.48 Å². The van der Waals surface area contributed by atoms with Gasteiger partial charge in [0, 0.05) is 9.99 Å². The Morgan fingerprint density at radius 2 is 1.85 bits per heavy atom. The highest BCUT2D eigenvalue weighted by Gasteiger charge is 2.12. The molecule has 0 aromatic heterocycles. The third-order valence-corrected chi connectivity index (χ3v) is 3.07. The summed E-state index contributed by atoms with van der Waals surface area (Å²) in [4.78, 5) is 16.7. The van der Waals surface area contributed by atoms with Gasteiger partial charge in [-0.15, -0.1) is 0 Å². The van der Waals surface area contributed by atoms with E-state index in [-0.39, 0.29) is 11.5 Å². The molecule has 0 spiro atoms. The van der Waals surface area contributed by atoms with Crippen LogP contribution in [0, 0.1) is 3.57 Å². The van der Waals surface area contributed by atoms with E-state index in [2.05, 4.69) is 28.1 Å². The Morgan fingerprint density at radius 1 is 1.20 bits per heavy atom. The second-order valence-electron chi connectivity index (χ2n) is 5.50. The van der Waals surface area contributed by atoms with E-state index in [1.807, 2.05) is 45.0 Å². The summed E-state index contributed by atoms with van der Waals surface area (Å²) in [5.41, 5.74) is 2.10. The van der Waals surface area contributed by atoms with Gasteiger partial charge in [0.2, 0.25) is 5.91 Å². The third kappa shape index (κ3) is 8.37. The summed E-state index contributed by atoms with van der Waals surface area (Å²) in [6.07, 6.45) is 2.07. The van der Waals surface area contributed by atoms with Crippen molar-refractivity contribution < 1.29 is 14.4 Å². The van der Waals surface area contributed by atoms with Gasteiger partial charge in [-0.2, -0.15) is 0 Å². The molecule has 1 aromatic rings. The van der Waals surface area contributed by atoms with Crippen LogP contribution in [0.25, 0.3) is 0 Å². The Balaban J connectivity index is 2.07. The molecule has 0 unspecified atom stereocenters. The number of unbranched alkanes of at least 4 members (excludes halogenated alkanes) is 1. The highest BCUT2D eigenvalue weighted by molar-refractivity contribution is 14.1. The molecule has 0 aliphatic carbocycles. The number of carbonyl (C=O) groups is 1. The van der Waals surface area contributed by atoms with E-state index in [1.165, 1.54) is 3.57 Å². The summed E-state index contributed by atoms with van der Waals surface area (Å²) < 4.78 is 6.78. The first-order chi connectivity index (χ1) is 9.37. The molecular weight excluding hydrogens is 369 g/mol. The predicted octanol–water partition coefficient (Wildman–Crippen LogP) is 3.69. The van der Waals surface area contributed by atoms with Crippen LogP contribution in [0.1, 0.15) is 40.0 Å². The van der Waals surface area contributed by atoms with Crippen molar-refractivity contribution in [3.05, 3.63) is 27.8 Å². The van der Waals surface area contributed by atoms with Crippen LogP contribution in [-0.4, -0.2) is 18.1 Å². The normalized spacial score (nSPS) is 11.2. The highest BCUT2D eigenvalue weighted by Crippen LogP contribution is 2.14. The summed E-state index contributed by atoms with van der Waals surface area (Å²) >= 11 is 2.26. The van der Waals surface area contributed by atoms with Gasteiger partial charge in [0.1, 0.15) is 5.75 Å². The fourth-order valence-electron chi connectivity index (χ4n) is 1.37. The van der Waals surface area contributed by atoms with Crippen LogP contribution in [0.15, 0.2) is 24.3 Å². The van der Waals surface area contributed by atoms with Crippen LogP contribution in [0.3, 0.4) is 0 Å². The maximum atomic E-state index is 11.5. The lowest BCUT2D eigenvalue weighted by atomic mass is 10.2. The van der Waals surface area contributed by atoms with Crippen molar-refractivity contribution in [2.45, 2.75) is 45.6 Å². The van der Waals surface area contributed by atoms with E-state index in [0.717, 1.165) is 18.6 Å². The SMILES string of the molecule is CC(C)(C)ONC(=O)CCCCOc1ccc(I)cc1. The number of halogens is 1. The van der Waals surface area contributed by atoms with E-state index in [0.29, 0.717) is 13.0 Å². The first-order valence-electron chi connectivity index (χ1n) is 6.72. The lowest BCUT2D eigenvalue weighted by Crippen LogP contribution is -2.33. The molecule has 0 aliphatic rings. The van der Waals surface area contributed by atoms with Gasteiger partial charge in [-0.25, -0.2) is 5.48 Å². The predicted molar refractivity (Wildman–Crippen MR) is 87.5 cm³/mol. The molecule has 1 rings (SSSR count). The van der Waals surface area contributed by atoms with Gasteiger partial charge in [0.25, 0.3) is 0 Å². The molecule has 4 nitrogen and oxygen atoms in total. The first-order valence-corrected chi connectivity index (χ1v) is 7.80. The number of hydrogen-bond donors (Lipinski definition) is 1. The van der Waals surface area contributed by atoms with Crippen LogP contribution in [0.4, 0.5) is 0 Å². The zero-order chi connectivity index (χ0) is 15.0. The molecular formula is C15H22INO3. The first kappa shape index (κ1) is 17.2. The third-order valence-electron chi connectivity index (χ3n) is 2.35. The Bertz CT molecular complexity index is 412. The fourth-order valence-corrected chi connectivity index (χ4v) is 1.73. The summed E-state index contributed by atoms with van der Waals surface area (Å²) in [6, 6.07) is 7.91. The van der Waals surface area contributed by atoms with E-state index < -0.39 is 0 Å². The van der Waals surface area contributed by atoms with Gasteiger partial charge in [-0.3, -0.25) is 9.63 Å². The molecule has 5 heteroatoms. The number of amides is 1. The van der Waals surface area contributed by atoms with Gasteiger partial charge in [0.15, 0.2) is 0 Å². The number of carbonyl (C=O) groups excluding carboxylic acids is 1. The van der Waals surface area contributed by atoms with Crippen molar-refractivity contribution in [2.75, 3.05) is 6.61 Å². The number of benzene rings is 1. The number of hydrogen-bond acceptors (Lipinski definition) is 3. The standard InChI is InChI=1S/C15H22INO3/c1-15(2,3)20-17-14(18)6-4-5-11-19-13-9-7-12(16)8-10-13/h7-10H,4-6,11H2,1-3H3,(H,17,18). The van der Waals surface area contributed by atoms with Crippen LogP contribution in [0.2, 0.25) is 0 Å². The molecule has 0 heterocycles. The number of hydroxylamine groups is 1. The average molecular weight is 391 g/mol. The van der Waals surface area contributed by atoms with Crippen molar-refractivity contribution in [2.24, 2.45) is 0 Å². The quantitative estimate of drug-likeness (QED) is 0.438. The van der Waals surface area contributed by atoms with Crippen molar-refractivity contribution in [3.63, 3.8) is 0 Å². The molecule has 0 saturated carbocycles. The molecule has 0 fully saturated rings. The number of nitrogens with one attached hydrogen (secondary N) is 1. The number of rotatable bonds is 7. The summed E-state index contributed by atoms with van der Waals surface area (Å²) in [7, 11) is 0. The van der Waals surface area contributed by atoms with E-state index >= 15 is 0 Å². The average Bonchev–Trinajstić information content (AvgIpc) is 2.37. The Labute approximate surface area is 134 Å². The lowest BCUT2D eigenvalue weighted by Gasteiger charge is -2.18. The van der Waals surface area contributed by atoms with E-state index in [1.54, 1.807) is 0 Å². The molecule has 0 bridgehead atoms. The summed E-state index contributed by atoms with van der Waals surface area (Å²) in [5.74, 6) is 0.778. The summed E-state index contributed by atoms with van der Waals surface area (Å²) in [5, 5.41) is 0. The maximum absolute atomic E-state index is 11.5. The highest BCUT2D eigenvalue weighted by atomic mass is 127. The van der Waals surface area contributed by atoms with Gasteiger partial charge in [-0.1, -0.05) is 0 Å². The van der Waals surface area contributed by atoms with E-state index in [9.17, 15) is 4.79 Å².